The number of carbonyl (C=O) groups is 5. The second-order valence-electron chi connectivity index (χ2n) is 11.6. The summed E-state index contributed by atoms with van der Waals surface area (Å²) < 4.78 is 17.7. The minimum Gasteiger partial charge on any atom is -0.535 e. The first kappa shape index (κ1) is 35.9. The first-order chi connectivity index (χ1) is 22.4. The van der Waals surface area contributed by atoms with Gasteiger partial charge in [-0.3, -0.25) is 24.0 Å². The van der Waals surface area contributed by atoms with E-state index >= 15 is 0 Å². The fraction of sp³-hybridized carbons (Fsp3) is 0.483. The highest BCUT2D eigenvalue weighted by Gasteiger charge is 2.45. The smallest absolute Gasteiger partial charge is 0.535 e. The topological polar surface area (TPSA) is 238 Å². The van der Waals surface area contributed by atoms with Gasteiger partial charge in [0.1, 0.15) is 5.75 Å². The molecule has 2 aromatic rings. The number of amides is 1. The Morgan fingerprint density at radius 2 is 1.72 bits per heavy atom. The molecule has 2 aliphatic heterocycles. The van der Waals surface area contributed by atoms with Crippen molar-refractivity contribution in [3.63, 3.8) is 0 Å². The third-order valence-electron chi connectivity index (χ3n) is 8.06. The van der Waals surface area contributed by atoms with Crippen molar-refractivity contribution in [2.75, 3.05) is 6.54 Å². The fourth-order valence-corrected chi connectivity index (χ4v) is 6.50. The molecule has 15 nitrogen and oxygen atoms in total. The zero-order chi connectivity index (χ0) is 34.1. The molecule has 18 heteroatoms. The Morgan fingerprint density at radius 3 is 2.38 bits per heavy atom. The SMILES string of the molecule is O=C(O)CC1CCC(NCC(CC(=O)O)C(=O)O)B(Oc2cccc(C3CC(CC(=O)O)OB(O)C3NC(=O)Cc3ccsc3)c2)O1. The third-order valence-corrected chi connectivity index (χ3v) is 8.79. The average Bonchev–Trinajstić information content (AvgIpc) is 3.49. The van der Waals surface area contributed by atoms with Crippen LogP contribution in [0, 0.1) is 5.92 Å². The Labute approximate surface area is 274 Å². The van der Waals surface area contributed by atoms with Crippen molar-refractivity contribution in [2.24, 2.45) is 5.92 Å². The zero-order valence-electron chi connectivity index (χ0n) is 25.2. The average molecular weight is 674 g/mol. The molecule has 0 saturated carbocycles. The van der Waals surface area contributed by atoms with Gasteiger partial charge < -0.3 is 50.0 Å². The Bertz CT molecular complexity index is 1410. The van der Waals surface area contributed by atoms with Crippen molar-refractivity contribution in [2.45, 2.75) is 75.0 Å². The summed E-state index contributed by atoms with van der Waals surface area (Å²) in [6, 6.07) is 8.47. The fourth-order valence-electron chi connectivity index (χ4n) is 5.83. The van der Waals surface area contributed by atoms with Gasteiger partial charge in [0.2, 0.25) is 5.91 Å². The Kier molecular flexibility index (Phi) is 12.8. The lowest BCUT2D eigenvalue weighted by atomic mass is 9.64. The largest absolute Gasteiger partial charge is 0.543 e. The molecule has 0 radical (unpaired) electrons. The van der Waals surface area contributed by atoms with Gasteiger partial charge >= 0.3 is 38.1 Å². The monoisotopic (exact) mass is 674 g/mol. The van der Waals surface area contributed by atoms with Crippen LogP contribution < -0.4 is 15.3 Å². The summed E-state index contributed by atoms with van der Waals surface area (Å²) >= 11 is 1.44. The highest BCUT2D eigenvalue weighted by Crippen LogP contribution is 2.35. The van der Waals surface area contributed by atoms with Crippen LogP contribution in [0.15, 0.2) is 41.1 Å². The van der Waals surface area contributed by atoms with Crippen LogP contribution in [0.4, 0.5) is 0 Å². The van der Waals surface area contributed by atoms with Gasteiger partial charge in [-0.2, -0.15) is 11.3 Å². The predicted molar refractivity (Wildman–Crippen MR) is 167 cm³/mol. The first-order valence-electron chi connectivity index (χ1n) is 15.1. The lowest BCUT2D eigenvalue weighted by Gasteiger charge is -2.38. The van der Waals surface area contributed by atoms with Gasteiger partial charge in [-0.15, -0.1) is 0 Å². The summed E-state index contributed by atoms with van der Waals surface area (Å²) in [5.41, 5.74) is 1.39. The van der Waals surface area contributed by atoms with Crippen molar-refractivity contribution in [3.05, 3.63) is 52.2 Å². The minimum atomic E-state index is -1.51. The lowest BCUT2D eigenvalue weighted by molar-refractivity contribution is -0.148. The summed E-state index contributed by atoms with van der Waals surface area (Å²) in [5.74, 6) is -8.19. The highest BCUT2D eigenvalue weighted by molar-refractivity contribution is 7.08. The number of carboxylic acid groups (broad SMARTS) is 4. The van der Waals surface area contributed by atoms with Crippen LogP contribution >= 0.6 is 11.3 Å². The number of nitrogens with one attached hydrogen (secondary N) is 2. The summed E-state index contributed by atoms with van der Waals surface area (Å²) in [4.78, 5) is 58.5. The molecule has 4 rings (SSSR count). The van der Waals surface area contributed by atoms with Crippen LogP contribution in [0.25, 0.3) is 0 Å². The van der Waals surface area contributed by atoms with Gasteiger partial charge in [0.15, 0.2) is 0 Å². The molecule has 1 amide bonds. The number of hydrogen-bond acceptors (Lipinski definition) is 11. The number of carboxylic acids is 4. The molecule has 2 saturated heterocycles. The summed E-state index contributed by atoms with van der Waals surface area (Å²) in [7, 11) is -2.59. The molecule has 0 spiro atoms. The van der Waals surface area contributed by atoms with E-state index in [1.807, 2.05) is 16.8 Å². The van der Waals surface area contributed by atoms with Crippen molar-refractivity contribution in [1.82, 2.24) is 10.6 Å². The van der Waals surface area contributed by atoms with Gasteiger partial charge in [0.25, 0.3) is 0 Å². The van der Waals surface area contributed by atoms with E-state index in [-0.39, 0.29) is 43.9 Å². The van der Waals surface area contributed by atoms with E-state index in [0.29, 0.717) is 18.4 Å². The number of hydrogen-bond donors (Lipinski definition) is 7. The first-order valence-corrected chi connectivity index (χ1v) is 16.0. The van der Waals surface area contributed by atoms with Crippen LogP contribution in [0.3, 0.4) is 0 Å². The molecule has 2 fully saturated rings. The van der Waals surface area contributed by atoms with E-state index in [0.717, 1.165) is 5.56 Å². The van der Waals surface area contributed by atoms with Crippen LogP contribution in [-0.4, -0.2) is 100 Å². The van der Waals surface area contributed by atoms with Crippen LogP contribution in [-0.2, 0) is 39.7 Å². The number of benzene rings is 1. The molecule has 252 valence electrons. The summed E-state index contributed by atoms with van der Waals surface area (Å²) in [6.07, 6.45) is -1.90. The van der Waals surface area contributed by atoms with Crippen LogP contribution in [0.1, 0.15) is 55.6 Å². The maximum absolute atomic E-state index is 12.9. The Balaban J connectivity index is 1.55. The number of rotatable bonds is 16. The second-order valence-corrected chi connectivity index (χ2v) is 12.4. The van der Waals surface area contributed by atoms with E-state index in [4.69, 9.17) is 19.1 Å². The predicted octanol–water partition coefficient (Wildman–Crippen LogP) is 1.04. The van der Waals surface area contributed by atoms with E-state index in [1.165, 1.54) is 11.3 Å². The maximum Gasteiger partial charge on any atom is 0.543 e. The standard InChI is InChI=1S/C29H36B2N2O13S/c34-24(8-16-6-7-47-15-16)33-28-22(11-21(13-27(39)40)44-30(28)43)17-2-1-3-19(9-17)45-31-23(5-4-20(46-31)12-26(37)38)32-14-18(29(41)42)10-25(35)36/h1-3,6-7,9,15,18,20-23,28,32,43H,4-5,8,10-14H2,(H,33,34)(H,35,36)(H,37,38)(H,39,40)(H,41,42). The maximum atomic E-state index is 12.9. The zero-order valence-corrected chi connectivity index (χ0v) is 26.0. The van der Waals surface area contributed by atoms with Crippen LogP contribution in [0.5, 0.6) is 5.75 Å². The summed E-state index contributed by atoms with van der Waals surface area (Å²) in [5, 5.41) is 57.7. The van der Waals surface area contributed by atoms with E-state index in [2.05, 4.69) is 10.6 Å². The summed E-state index contributed by atoms with van der Waals surface area (Å²) in [6.45, 7) is -0.198. The van der Waals surface area contributed by atoms with Crippen LogP contribution in [0.2, 0.25) is 0 Å². The molecule has 47 heavy (non-hydrogen) atoms. The minimum absolute atomic E-state index is 0.0707. The molecular formula is C29H36B2N2O13S. The molecule has 3 heterocycles. The van der Waals surface area contributed by atoms with Gasteiger partial charge in [-0.05, 0) is 59.3 Å². The van der Waals surface area contributed by atoms with E-state index in [9.17, 15) is 44.3 Å². The Morgan fingerprint density at radius 1 is 0.979 bits per heavy atom. The second kappa shape index (κ2) is 16.7. The van der Waals surface area contributed by atoms with Gasteiger partial charge in [0.05, 0.1) is 55.7 Å². The lowest BCUT2D eigenvalue weighted by Crippen LogP contribution is -2.57. The van der Waals surface area contributed by atoms with Crippen molar-refractivity contribution >= 4 is 55.4 Å². The van der Waals surface area contributed by atoms with E-state index < -0.39 is 80.5 Å². The van der Waals surface area contributed by atoms with Gasteiger partial charge in [-0.25, -0.2) is 0 Å². The molecule has 6 atom stereocenters. The normalized spacial score (nSPS) is 23.5. The van der Waals surface area contributed by atoms with Crippen molar-refractivity contribution in [1.29, 1.82) is 0 Å². The Hall–Kier alpha value is -3.96. The van der Waals surface area contributed by atoms with E-state index in [1.54, 1.807) is 24.3 Å². The van der Waals surface area contributed by atoms with Crippen molar-refractivity contribution < 1.29 is 63.4 Å². The quantitative estimate of drug-likeness (QED) is 0.123. The third kappa shape index (κ3) is 10.8. The molecule has 0 bridgehead atoms. The molecule has 6 unspecified atom stereocenters. The molecule has 7 N–H and O–H groups in total. The molecule has 1 aromatic carbocycles. The molecular weight excluding hydrogens is 638 g/mol. The number of thiophene rings is 1. The number of aliphatic carboxylic acids is 4. The highest BCUT2D eigenvalue weighted by atomic mass is 32.1. The van der Waals surface area contributed by atoms with Gasteiger partial charge in [0, 0.05) is 12.5 Å². The molecule has 1 aromatic heterocycles. The number of carbonyl (C=O) groups excluding carboxylic acids is 1. The van der Waals surface area contributed by atoms with Crippen molar-refractivity contribution in [3.8, 4) is 5.75 Å². The van der Waals surface area contributed by atoms with Gasteiger partial charge in [-0.1, -0.05) is 12.1 Å². The molecule has 2 aliphatic rings. The molecule has 0 aliphatic carbocycles.